The van der Waals surface area contributed by atoms with Crippen molar-refractivity contribution in [3.63, 3.8) is 0 Å². The Bertz CT molecular complexity index is 446. The van der Waals surface area contributed by atoms with E-state index in [2.05, 4.69) is 5.32 Å². The molecule has 0 aromatic heterocycles. The number of likely N-dealkylation sites (N-methyl/N-ethyl adjacent to an activating group) is 1. The molecule has 4 saturated carbocycles. The van der Waals surface area contributed by atoms with Crippen molar-refractivity contribution in [3.8, 4) is 0 Å². The van der Waals surface area contributed by atoms with Gasteiger partial charge in [-0.15, -0.1) is 0 Å². The molecule has 4 aliphatic carbocycles. The normalized spacial score (nSPS) is 52.5. The minimum atomic E-state index is -1.04. The number of carboxylic acids is 2. The van der Waals surface area contributed by atoms with E-state index in [1.165, 1.54) is 0 Å². The summed E-state index contributed by atoms with van der Waals surface area (Å²) in [5.41, 5.74) is -2.02. The molecule has 5 unspecified atom stereocenters. The number of carboxylic acid groups (broad SMARTS) is 2. The van der Waals surface area contributed by atoms with E-state index in [9.17, 15) is 19.8 Å². The first-order chi connectivity index (χ1) is 7.77. The van der Waals surface area contributed by atoms with E-state index in [1.807, 2.05) is 13.8 Å². The summed E-state index contributed by atoms with van der Waals surface area (Å²) in [6.07, 6.45) is 0.498. The predicted octanol–water partition coefficient (Wildman–Crippen LogP) is 0.406. The molecule has 4 rings (SSSR count). The van der Waals surface area contributed by atoms with Crippen molar-refractivity contribution < 1.29 is 19.8 Å². The lowest BCUT2D eigenvalue weighted by molar-refractivity contribution is -0.148. The van der Waals surface area contributed by atoms with Crippen molar-refractivity contribution >= 4 is 11.9 Å². The Morgan fingerprint density at radius 1 is 1.18 bits per heavy atom. The van der Waals surface area contributed by atoms with Gasteiger partial charge in [0.2, 0.25) is 0 Å². The fourth-order valence-electron chi connectivity index (χ4n) is 5.31. The number of hydrogen-bond acceptors (Lipinski definition) is 3. The monoisotopic (exact) mass is 239 g/mol. The summed E-state index contributed by atoms with van der Waals surface area (Å²) < 4.78 is 0. The van der Waals surface area contributed by atoms with Crippen LogP contribution in [0.15, 0.2) is 0 Å². The van der Waals surface area contributed by atoms with Crippen molar-refractivity contribution in [2.45, 2.75) is 25.8 Å². The molecule has 94 valence electrons. The smallest absolute Gasteiger partial charge is 0.324 e. The minimum absolute atomic E-state index is 0.000972. The highest BCUT2D eigenvalue weighted by Crippen LogP contribution is 2.88. The maximum Gasteiger partial charge on any atom is 0.324 e. The Balaban J connectivity index is 2.17. The molecule has 3 N–H and O–H groups in total. The summed E-state index contributed by atoms with van der Waals surface area (Å²) in [5, 5.41) is 21.9. The third-order valence-corrected chi connectivity index (χ3v) is 5.78. The molecule has 0 heterocycles. The van der Waals surface area contributed by atoms with Gasteiger partial charge in [0.1, 0.15) is 5.54 Å². The Morgan fingerprint density at radius 3 is 2.00 bits per heavy atom. The van der Waals surface area contributed by atoms with Gasteiger partial charge in [-0.3, -0.25) is 9.59 Å². The lowest BCUT2D eigenvalue weighted by Crippen LogP contribution is -2.55. The summed E-state index contributed by atoms with van der Waals surface area (Å²) in [6.45, 7) is 4.02. The fourth-order valence-corrected chi connectivity index (χ4v) is 5.31. The van der Waals surface area contributed by atoms with Crippen LogP contribution in [0.3, 0.4) is 0 Å². The average Bonchev–Trinajstić information content (AvgIpc) is 2.63. The van der Waals surface area contributed by atoms with Gasteiger partial charge in [0, 0.05) is 5.92 Å². The SMILES string of the molecule is CNC1(C(=O)O)C2CC3(C(=O)O)C(C31)C2(C)C. The predicted molar refractivity (Wildman–Crippen MR) is 58.4 cm³/mol. The molecular formula is C12H17NO4. The van der Waals surface area contributed by atoms with Gasteiger partial charge in [-0.2, -0.15) is 0 Å². The van der Waals surface area contributed by atoms with Crippen LogP contribution < -0.4 is 5.32 Å². The van der Waals surface area contributed by atoms with Gasteiger partial charge in [0.05, 0.1) is 5.41 Å². The molecule has 17 heavy (non-hydrogen) atoms. The van der Waals surface area contributed by atoms with Crippen LogP contribution in [0.2, 0.25) is 0 Å². The Morgan fingerprint density at radius 2 is 1.76 bits per heavy atom. The van der Waals surface area contributed by atoms with Crippen molar-refractivity contribution in [3.05, 3.63) is 0 Å². The highest BCUT2D eigenvalue weighted by molar-refractivity contribution is 5.91. The number of hydrogen-bond donors (Lipinski definition) is 3. The topological polar surface area (TPSA) is 86.6 Å². The average molecular weight is 239 g/mol. The van der Waals surface area contributed by atoms with Crippen LogP contribution in [-0.2, 0) is 9.59 Å². The van der Waals surface area contributed by atoms with E-state index in [0.29, 0.717) is 6.42 Å². The maximum absolute atomic E-state index is 11.6. The second-order valence-corrected chi connectivity index (χ2v) is 6.30. The van der Waals surface area contributed by atoms with Crippen LogP contribution in [0.4, 0.5) is 0 Å². The van der Waals surface area contributed by atoms with Crippen molar-refractivity contribution in [1.82, 2.24) is 5.32 Å². The maximum atomic E-state index is 11.6. The van der Waals surface area contributed by atoms with E-state index in [-0.39, 0.29) is 23.2 Å². The van der Waals surface area contributed by atoms with Crippen LogP contribution in [0.1, 0.15) is 20.3 Å². The second-order valence-electron chi connectivity index (χ2n) is 6.30. The van der Waals surface area contributed by atoms with Gasteiger partial charge in [-0.25, -0.2) is 0 Å². The lowest BCUT2D eigenvalue weighted by Gasteiger charge is -2.34. The van der Waals surface area contributed by atoms with Crippen molar-refractivity contribution in [2.24, 2.45) is 28.6 Å². The van der Waals surface area contributed by atoms with Crippen molar-refractivity contribution in [2.75, 3.05) is 7.05 Å². The molecule has 4 aliphatic rings. The molecular weight excluding hydrogens is 222 g/mol. The van der Waals surface area contributed by atoms with Crippen LogP contribution in [-0.4, -0.2) is 34.7 Å². The largest absolute Gasteiger partial charge is 0.481 e. The number of nitrogens with one attached hydrogen (secondary N) is 1. The van der Waals surface area contributed by atoms with Gasteiger partial charge in [-0.05, 0) is 30.7 Å². The third kappa shape index (κ3) is 0.766. The molecule has 5 nitrogen and oxygen atoms in total. The van der Waals surface area contributed by atoms with Crippen LogP contribution in [0, 0.1) is 28.6 Å². The summed E-state index contributed by atoms with van der Waals surface area (Å²) in [6, 6.07) is 0. The summed E-state index contributed by atoms with van der Waals surface area (Å²) in [5.74, 6) is -2.06. The first-order valence-electron chi connectivity index (χ1n) is 5.93. The van der Waals surface area contributed by atoms with E-state index in [0.717, 1.165) is 0 Å². The lowest BCUT2D eigenvalue weighted by atomic mass is 9.76. The first kappa shape index (κ1) is 11.0. The summed E-state index contributed by atoms with van der Waals surface area (Å²) >= 11 is 0. The molecule has 0 aliphatic heterocycles. The zero-order chi connectivity index (χ0) is 12.8. The molecule has 5 atom stereocenters. The zero-order valence-corrected chi connectivity index (χ0v) is 10.2. The van der Waals surface area contributed by atoms with Crippen molar-refractivity contribution in [1.29, 1.82) is 0 Å². The minimum Gasteiger partial charge on any atom is -0.481 e. The number of aliphatic carboxylic acids is 2. The Kier molecular flexibility index (Phi) is 1.62. The second kappa shape index (κ2) is 2.51. The highest BCUT2D eigenvalue weighted by Gasteiger charge is 2.94. The van der Waals surface area contributed by atoms with E-state index in [4.69, 9.17) is 0 Å². The van der Waals surface area contributed by atoms with Gasteiger partial charge >= 0.3 is 11.9 Å². The molecule has 4 fully saturated rings. The van der Waals surface area contributed by atoms with Gasteiger partial charge in [0.25, 0.3) is 0 Å². The molecule has 0 aromatic carbocycles. The summed E-state index contributed by atoms with van der Waals surface area (Å²) in [4.78, 5) is 23.1. The number of rotatable bonds is 3. The quantitative estimate of drug-likeness (QED) is 0.664. The van der Waals surface area contributed by atoms with Gasteiger partial charge in [0.15, 0.2) is 0 Å². The van der Waals surface area contributed by atoms with Crippen LogP contribution in [0.25, 0.3) is 0 Å². The molecule has 0 aromatic rings. The Labute approximate surface area is 99.2 Å². The van der Waals surface area contributed by atoms with Crippen LogP contribution in [0.5, 0.6) is 0 Å². The molecule has 0 spiro atoms. The molecule has 4 bridgehead atoms. The first-order valence-corrected chi connectivity index (χ1v) is 5.93. The van der Waals surface area contributed by atoms with Gasteiger partial charge in [-0.1, -0.05) is 13.8 Å². The van der Waals surface area contributed by atoms with Crippen LogP contribution >= 0.6 is 0 Å². The molecule has 0 amide bonds. The molecule has 0 radical (unpaired) electrons. The number of carbonyl (C=O) groups is 2. The molecule has 0 saturated heterocycles. The van der Waals surface area contributed by atoms with Gasteiger partial charge < -0.3 is 15.5 Å². The zero-order valence-electron chi connectivity index (χ0n) is 10.2. The fraction of sp³-hybridized carbons (Fsp3) is 0.833. The van der Waals surface area contributed by atoms with E-state index < -0.39 is 22.9 Å². The molecule has 5 heteroatoms. The summed E-state index contributed by atoms with van der Waals surface area (Å²) in [7, 11) is 1.63. The van der Waals surface area contributed by atoms with E-state index >= 15 is 0 Å². The Hall–Kier alpha value is -1.10. The van der Waals surface area contributed by atoms with E-state index in [1.54, 1.807) is 7.05 Å². The standard InChI is InChI=1S/C12H17NO4/c1-10(2)5-4-11(8(14)15)6(10)7(11)12(5,13-3)9(16)17/h5-7,13H,4H2,1-3H3,(H,14,15)(H,16,17). The highest BCUT2D eigenvalue weighted by atomic mass is 16.4. The third-order valence-electron chi connectivity index (χ3n) is 5.78.